The number of hydrogen-bond acceptors (Lipinski definition) is 3. The highest BCUT2D eigenvalue weighted by Gasteiger charge is 2.20. The lowest BCUT2D eigenvalue weighted by Gasteiger charge is -2.16. The molecule has 1 N–H and O–H groups in total. The molecule has 0 aliphatic rings. The number of hydrogen-bond donors (Lipinski definition) is 1. The van der Waals surface area contributed by atoms with E-state index in [-0.39, 0.29) is 11.9 Å². The fraction of sp³-hybridized carbons (Fsp3) is 0.235. The van der Waals surface area contributed by atoms with Gasteiger partial charge in [-0.25, -0.2) is 0 Å². The van der Waals surface area contributed by atoms with Gasteiger partial charge in [-0.1, -0.05) is 60.1 Å². The van der Waals surface area contributed by atoms with Crippen molar-refractivity contribution < 1.29 is 9.53 Å². The maximum atomic E-state index is 11.9. The number of ether oxygens (including phenoxy) is 1. The molecule has 0 amide bonds. The third-order valence-corrected chi connectivity index (χ3v) is 3.68. The van der Waals surface area contributed by atoms with Gasteiger partial charge in [-0.05, 0) is 17.2 Å². The van der Waals surface area contributed by atoms with Crippen molar-refractivity contribution in [3.63, 3.8) is 0 Å². The van der Waals surface area contributed by atoms with E-state index in [2.05, 4.69) is 5.32 Å². The Bertz CT molecular complexity index is 586. The quantitative estimate of drug-likeness (QED) is 0.831. The van der Waals surface area contributed by atoms with E-state index in [0.717, 1.165) is 16.1 Å². The number of carbonyl (C=O) groups is 1. The van der Waals surface area contributed by atoms with Gasteiger partial charge < -0.3 is 10.1 Å². The minimum absolute atomic E-state index is 0.243. The Morgan fingerprint density at radius 3 is 2.48 bits per heavy atom. The number of esters is 1. The van der Waals surface area contributed by atoms with Crippen LogP contribution in [0.25, 0.3) is 0 Å². The van der Waals surface area contributed by atoms with Crippen LogP contribution in [0.5, 0.6) is 0 Å². The molecule has 0 aliphatic heterocycles. The van der Waals surface area contributed by atoms with E-state index >= 15 is 0 Å². The molecule has 0 bridgehead atoms. The van der Waals surface area contributed by atoms with Crippen LogP contribution in [-0.2, 0) is 16.1 Å². The summed E-state index contributed by atoms with van der Waals surface area (Å²) in [4.78, 5) is 11.9. The zero-order valence-corrected chi connectivity index (χ0v) is 12.6. The van der Waals surface area contributed by atoms with Crippen LogP contribution in [0.3, 0.4) is 0 Å². The van der Waals surface area contributed by atoms with Crippen molar-refractivity contribution in [2.24, 2.45) is 0 Å². The normalized spacial score (nSPS) is 11.9. The SMILES string of the molecule is COC(=O)C(CNCc1ccccc1Cl)c1ccccc1. The number of nitrogens with one attached hydrogen (secondary N) is 1. The summed E-state index contributed by atoms with van der Waals surface area (Å²) >= 11 is 6.11. The Balaban J connectivity index is 2.00. The predicted molar refractivity (Wildman–Crippen MR) is 84.4 cm³/mol. The first kappa shape index (κ1) is 15.5. The van der Waals surface area contributed by atoms with E-state index in [0.29, 0.717) is 13.1 Å². The van der Waals surface area contributed by atoms with Crippen LogP contribution in [-0.4, -0.2) is 19.6 Å². The van der Waals surface area contributed by atoms with Gasteiger partial charge in [-0.3, -0.25) is 4.79 Å². The van der Waals surface area contributed by atoms with Crippen molar-refractivity contribution in [2.75, 3.05) is 13.7 Å². The number of methoxy groups -OCH3 is 1. The van der Waals surface area contributed by atoms with Crippen LogP contribution in [0.2, 0.25) is 5.02 Å². The monoisotopic (exact) mass is 303 g/mol. The van der Waals surface area contributed by atoms with Gasteiger partial charge >= 0.3 is 5.97 Å². The summed E-state index contributed by atoms with van der Waals surface area (Å²) in [6, 6.07) is 17.3. The molecule has 2 aromatic rings. The van der Waals surface area contributed by atoms with Gasteiger partial charge in [-0.15, -0.1) is 0 Å². The maximum absolute atomic E-state index is 11.9. The Hall–Kier alpha value is -1.84. The first-order valence-corrected chi connectivity index (χ1v) is 7.17. The zero-order chi connectivity index (χ0) is 15.1. The summed E-state index contributed by atoms with van der Waals surface area (Å²) < 4.78 is 4.89. The van der Waals surface area contributed by atoms with Gasteiger partial charge in [-0.2, -0.15) is 0 Å². The Labute approximate surface area is 129 Å². The average Bonchev–Trinajstić information content (AvgIpc) is 2.53. The standard InChI is InChI=1S/C17H18ClNO2/c1-21-17(20)15(13-7-3-2-4-8-13)12-19-11-14-9-5-6-10-16(14)18/h2-10,15,19H,11-12H2,1H3. The highest BCUT2D eigenvalue weighted by Crippen LogP contribution is 2.18. The predicted octanol–water partition coefficient (Wildman–Crippen LogP) is 3.39. The molecular weight excluding hydrogens is 286 g/mol. The number of rotatable bonds is 6. The van der Waals surface area contributed by atoms with Crippen molar-refractivity contribution in [1.29, 1.82) is 0 Å². The van der Waals surface area contributed by atoms with Gasteiger partial charge in [0.15, 0.2) is 0 Å². The molecule has 2 aromatic carbocycles. The van der Waals surface area contributed by atoms with Crippen LogP contribution >= 0.6 is 11.6 Å². The summed E-state index contributed by atoms with van der Waals surface area (Å²) in [5, 5.41) is 3.99. The van der Waals surface area contributed by atoms with Crippen LogP contribution in [0, 0.1) is 0 Å². The molecule has 0 heterocycles. The molecule has 1 atom stereocenters. The number of benzene rings is 2. The topological polar surface area (TPSA) is 38.3 Å². The van der Waals surface area contributed by atoms with Crippen LogP contribution in [0.15, 0.2) is 54.6 Å². The summed E-state index contributed by atoms with van der Waals surface area (Å²) in [6.07, 6.45) is 0. The molecule has 0 aliphatic carbocycles. The molecule has 0 radical (unpaired) electrons. The van der Waals surface area contributed by atoms with Gasteiger partial charge in [0.1, 0.15) is 0 Å². The fourth-order valence-electron chi connectivity index (χ4n) is 2.16. The average molecular weight is 304 g/mol. The van der Waals surface area contributed by atoms with Gasteiger partial charge in [0.25, 0.3) is 0 Å². The lowest BCUT2D eigenvalue weighted by Crippen LogP contribution is -2.27. The summed E-state index contributed by atoms with van der Waals surface area (Å²) in [5.41, 5.74) is 1.95. The summed E-state index contributed by atoms with van der Waals surface area (Å²) in [5.74, 6) is -0.563. The minimum Gasteiger partial charge on any atom is -0.469 e. The Kier molecular flexibility index (Phi) is 5.78. The molecule has 0 fully saturated rings. The van der Waals surface area contributed by atoms with Crippen LogP contribution in [0.1, 0.15) is 17.0 Å². The van der Waals surface area contributed by atoms with Crippen molar-refractivity contribution >= 4 is 17.6 Å². The lowest BCUT2D eigenvalue weighted by molar-refractivity contribution is -0.142. The second-order valence-electron chi connectivity index (χ2n) is 4.71. The molecular formula is C17H18ClNO2. The first-order chi connectivity index (χ1) is 10.2. The summed E-state index contributed by atoms with van der Waals surface area (Å²) in [7, 11) is 1.41. The van der Waals surface area contributed by atoms with Crippen molar-refractivity contribution in [1.82, 2.24) is 5.32 Å². The highest BCUT2D eigenvalue weighted by molar-refractivity contribution is 6.31. The van der Waals surface area contributed by atoms with E-state index in [1.54, 1.807) is 0 Å². The van der Waals surface area contributed by atoms with Crippen molar-refractivity contribution in [3.05, 3.63) is 70.7 Å². The second-order valence-corrected chi connectivity index (χ2v) is 5.12. The second kappa shape index (κ2) is 7.81. The van der Waals surface area contributed by atoms with E-state index in [9.17, 15) is 4.79 Å². The molecule has 3 nitrogen and oxygen atoms in total. The first-order valence-electron chi connectivity index (χ1n) is 6.79. The Morgan fingerprint density at radius 1 is 1.14 bits per heavy atom. The smallest absolute Gasteiger partial charge is 0.314 e. The minimum atomic E-state index is -0.321. The molecule has 21 heavy (non-hydrogen) atoms. The molecule has 1 unspecified atom stereocenters. The van der Waals surface area contributed by atoms with Crippen molar-refractivity contribution in [3.8, 4) is 0 Å². The van der Waals surface area contributed by atoms with Crippen LogP contribution < -0.4 is 5.32 Å². The number of carbonyl (C=O) groups excluding carboxylic acids is 1. The van der Waals surface area contributed by atoms with Crippen LogP contribution in [0.4, 0.5) is 0 Å². The van der Waals surface area contributed by atoms with E-state index < -0.39 is 0 Å². The van der Waals surface area contributed by atoms with E-state index in [1.807, 2.05) is 54.6 Å². The third-order valence-electron chi connectivity index (χ3n) is 3.31. The largest absolute Gasteiger partial charge is 0.469 e. The van der Waals surface area contributed by atoms with Crippen molar-refractivity contribution in [2.45, 2.75) is 12.5 Å². The van der Waals surface area contributed by atoms with Gasteiger partial charge in [0.2, 0.25) is 0 Å². The molecule has 0 saturated carbocycles. The Morgan fingerprint density at radius 2 is 1.81 bits per heavy atom. The van der Waals surface area contributed by atoms with E-state index in [4.69, 9.17) is 16.3 Å². The third kappa shape index (κ3) is 4.31. The molecule has 0 aromatic heterocycles. The number of halogens is 1. The molecule has 110 valence electrons. The van der Waals surface area contributed by atoms with Gasteiger partial charge in [0, 0.05) is 18.1 Å². The molecule has 0 saturated heterocycles. The molecule has 4 heteroatoms. The molecule has 0 spiro atoms. The lowest BCUT2D eigenvalue weighted by atomic mass is 9.99. The maximum Gasteiger partial charge on any atom is 0.314 e. The van der Waals surface area contributed by atoms with Gasteiger partial charge in [0.05, 0.1) is 13.0 Å². The fourth-order valence-corrected chi connectivity index (χ4v) is 2.36. The highest BCUT2D eigenvalue weighted by atomic mass is 35.5. The molecule has 2 rings (SSSR count). The summed E-state index contributed by atoms with van der Waals surface area (Å²) in [6.45, 7) is 1.11. The zero-order valence-electron chi connectivity index (χ0n) is 11.9. The van der Waals surface area contributed by atoms with E-state index in [1.165, 1.54) is 7.11 Å².